The monoisotopic (exact) mass is 322 g/mol. The Kier molecular flexibility index (Phi) is 4.44. The summed E-state index contributed by atoms with van der Waals surface area (Å²) in [4.78, 5) is 12.0. The van der Waals surface area contributed by atoms with Crippen molar-refractivity contribution in [1.82, 2.24) is 0 Å². The normalized spacial score (nSPS) is 10.3. The van der Waals surface area contributed by atoms with Gasteiger partial charge in [-0.2, -0.15) is 0 Å². The summed E-state index contributed by atoms with van der Waals surface area (Å²) >= 11 is 5.11. The van der Waals surface area contributed by atoms with Crippen molar-refractivity contribution >= 4 is 33.7 Å². The number of thioether (sulfide) groups is 1. The maximum absolute atomic E-state index is 10.9. The van der Waals surface area contributed by atoms with E-state index >= 15 is 0 Å². The number of carbonyl (C=O) groups is 1. The molecule has 0 radical (unpaired) electrons. The summed E-state index contributed by atoms with van der Waals surface area (Å²) in [5.74, 6) is -0.123. The Morgan fingerprint density at radius 1 is 1.17 bits per heavy atom. The van der Waals surface area contributed by atoms with Crippen LogP contribution in [0.25, 0.3) is 0 Å². The lowest BCUT2D eigenvalue weighted by Gasteiger charge is -2.03. The first-order chi connectivity index (χ1) is 8.65. The van der Waals surface area contributed by atoms with E-state index in [4.69, 9.17) is 5.11 Å². The molecule has 0 aliphatic heterocycles. The molecule has 0 spiro atoms. The lowest BCUT2D eigenvalue weighted by atomic mass is 10.1. The number of rotatable bonds is 4. The second kappa shape index (κ2) is 6.07. The fraction of sp³-hybridized carbons (Fsp3) is 0.0714. The molecule has 0 fully saturated rings. The molecule has 0 saturated heterocycles. The fourth-order valence-corrected chi connectivity index (χ4v) is 2.97. The van der Waals surface area contributed by atoms with Gasteiger partial charge in [-0.05, 0) is 35.9 Å². The van der Waals surface area contributed by atoms with E-state index in [-0.39, 0.29) is 0 Å². The largest absolute Gasteiger partial charge is 0.478 e. The Bertz CT molecular complexity index is 569. The third-order valence-electron chi connectivity index (χ3n) is 2.38. The number of benzene rings is 2. The molecule has 0 aromatic heterocycles. The molecule has 2 aromatic rings. The summed E-state index contributed by atoms with van der Waals surface area (Å²) in [6, 6.07) is 15.1. The number of hydrogen-bond acceptors (Lipinski definition) is 2. The van der Waals surface area contributed by atoms with Gasteiger partial charge < -0.3 is 5.11 Å². The van der Waals surface area contributed by atoms with Crippen molar-refractivity contribution in [3.8, 4) is 0 Å². The number of hydrogen-bond donors (Lipinski definition) is 1. The van der Waals surface area contributed by atoms with Crippen molar-refractivity contribution in [2.45, 2.75) is 10.6 Å². The van der Waals surface area contributed by atoms with Crippen molar-refractivity contribution in [3.05, 3.63) is 64.1 Å². The zero-order valence-electron chi connectivity index (χ0n) is 9.47. The van der Waals surface area contributed by atoms with Crippen LogP contribution >= 0.6 is 27.7 Å². The molecule has 18 heavy (non-hydrogen) atoms. The zero-order chi connectivity index (χ0) is 13.0. The van der Waals surface area contributed by atoms with Crippen LogP contribution in [-0.4, -0.2) is 11.1 Å². The van der Waals surface area contributed by atoms with Crippen molar-refractivity contribution in [1.29, 1.82) is 0 Å². The molecule has 0 aliphatic rings. The highest BCUT2D eigenvalue weighted by Crippen LogP contribution is 2.25. The van der Waals surface area contributed by atoms with E-state index < -0.39 is 5.97 Å². The van der Waals surface area contributed by atoms with E-state index in [0.29, 0.717) is 5.56 Å². The quantitative estimate of drug-likeness (QED) is 0.845. The number of halogens is 1. The van der Waals surface area contributed by atoms with Gasteiger partial charge in [0.2, 0.25) is 0 Å². The molecule has 4 heteroatoms. The van der Waals surface area contributed by atoms with Crippen LogP contribution in [0.5, 0.6) is 0 Å². The molecule has 0 bridgehead atoms. The van der Waals surface area contributed by atoms with E-state index in [9.17, 15) is 4.79 Å². The SMILES string of the molecule is O=C(O)c1cccc(CSc2cccc(Br)c2)c1. The van der Waals surface area contributed by atoms with Crippen molar-refractivity contribution in [2.24, 2.45) is 0 Å². The van der Waals surface area contributed by atoms with Crippen LogP contribution in [-0.2, 0) is 5.75 Å². The predicted molar refractivity (Wildman–Crippen MR) is 77.1 cm³/mol. The van der Waals surface area contributed by atoms with Crippen LogP contribution in [0.15, 0.2) is 57.9 Å². The van der Waals surface area contributed by atoms with Gasteiger partial charge in [-0.15, -0.1) is 11.8 Å². The van der Waals surface area contributed by atoms with Gasteiger partial charge >= 0.3 is 5.97 Å². The summed E-state index contributed by atoms with van der Waals surface area (Å²) in [6.45, 7) is 0. The van der Waals surface area contributed by atoms with Gasteiger partial charge in [-0.25, -0.2) is 4.79 Å². The molecule has 2 nitrogen and oxygen atoms in total. The van der Waals surface area contributed by atoms with Gasteiger partial charge in [0.15, 0.2) is 0 Å². The number of aromatic carboxylic acids is 1. The summed E-state index contributed by atoms with van der Waals surface area (Å²) in [5, 5.41) is 8.92. The smallest absolute Gasteiger partial charge is 0.335 e. The first kappa shape index (κ1) is 13.2. The molecule has 0 amide bonds. The van der Waals surface area contributed by atoms with Crippen LogP contribution in [0.3, 0.4) is 0 Å². The molecule has 0 heterocycles. The fourth-order valence-electron chi connectivity index (χ4n) is 1.52. The van der Waals surface area contributed by atoms with Gasteiger partial charge in [0.1, 0.15) is 0 Å². The third kappa shape index (κ3) is 3.62. The van der Waals surface area contributed by atoms with Gasteiger partial charge in [-0.1, -0.05) is 34.1 Å². The Hall–Kier alpha value is -1.26. The molecule has 2 aromatic carbocycles. The van der Waals surface area contributed by atoms with Gasteiger partial charge in [0.05, 0.1) is 5.56 Å². The van der Waals surface area contributed by atoms with E-state index in [1.807, 2.05) is 30.3 Å². The van der Waals surface area contributed by atoms with Crippen LogP contribution in [0.4, 0.5) is 0 Å². The average Bonchev–Trinajstić information content (AvgIpc) is 2.37. The number of carboxylic acids is 1. The predicted octanol–water partition coefficient (Wildman–Crippen LogP) is 4.44. The molecule has 1 N–H and O–H groups in total. The van der Waals surface area contributed by atoms with Crippen LogP contribution in [0.1, 0.15) is 15.9 Å². The van der Waals surface area contributed by atoms with Crippen molar-refractivity contribution < 1.29 is 9.90 Å². The standard InChI is InChI=1S/C14H11BrO2S/c15-12-5-2-6-13(8-12)18-9-10-3-1-4-11(7-10)14(16)17/h1-8H,9H2,(H,16,17). The number of carboxylic acid groups (broad SMARTS) is 1. The van der Waals surface area contributed by atoms with Crippen LogP contribution < -0.4 is 0 Å². The third-order valence-corrected chi connectivity index (χ3v) is 3.93. The molecule has 0 atom stereocenters. The van der Waals surface area contributed by atoms with Crippen LogP contribution in [0.2, 0.25) is 0 Å². The first-order valence-corrected chi connectivity index (χ1v) is 7.13. The van der Waals surface area contributed by atoms with E-state index in [1.165, 1.54) is 0 Å². The molecule has 0 unspecified atom stereocenters. The summed E-state index contributed by atoms with van der Waals surface area (Å²) in [7, 11) is 0. The van der Waals surface area contributed by atoms with Gasteiger partial charge in [-0.3, -0.25) is 0 Å². The Balaban J connectivity index is 2.06. The summed E-state index contributed by atoms with van der Waals surface area (Å²) in [6.07, 6.45) is 0. The van der Waals surface area contributed by atoms with Crippen molar-refractivity contribution in [2.75, 3.05) is 0 Å². The van der Waals surface area contributed by atoms with E-state index in [0.717, 1.165) is 20.7 Å². The molecular weight excluding hydrogens is 312 g/mol. The summed E-state index contributed by atoms with van der Waals surface area (Å²) < 4.78 is 1.05. The molecule has 0 saturated carbocycles. The van der Waals surface area contributed by atoms with Gasteiger partial charge in [0, 0.05) is 15.1 Å². The maximum atomic E-state index is 10.9. The second-order valence-electron chi connectivity index (χ2n) is 3.75. The second-order valence-corrected chi connectivity index (χ2v) is 5.72. The molecular formula is C14H11BrO2S. The lowest BCUT2D eigenvalue weighted by Crippen LogP contribution is -1.96. The Morgan fingerprint density at radius 2 is 1.94 bits per heavy atom. The first-order valence-electron chi connectivity index (χ1n) is 5.36. The van der Waals surface area contributed by atoms with Gasteiger partial charge in [0.25, 0.3) is 0 Å². The minimum Gasteiger partial charge on any atom is -0.478 e. The van der Waals surface area contributed by atoms with E-state index in [2.05, 4.69) is 15.9 Å². The minimum absolute atomic E-state index is 0.336. The highest BCUT2D eigenvalue weighted by Gasteiger charge is 2.03. The molecule has 0 aliphatic carbocycles. The maximum Gasteiger partial charge on any atom is 0.335 e. The topological polar surface area (TPSA) is 37.3 Å². The van der Waals surface area contributed by atoms with Crippen molar-refractivity contribution in [3.63, 3.8) is 0 Å². The summed E-state index contributed by atoms with van der Waals surface area (Å²) in [5.41, 5.74) is 1.35. The Morgan fingerprint density at radius 3 is 2.67 bits per heavy atom. The lowest BCUT2D eigenvalue weighted by molar-refractivity contribution is 0.0697. The van der Waals surface area contributed by atoms with E-state index in [1.54, 1.807) is 30.0 Å². The molecule has 92 valence electrons. The average molecular weight is 323 g/mol. The minimum atomic E-state index is -0.885. The van der Waals surface area contributed by atoms with Crippen LogP contribution in [0, 0.1) is 0 Å². The highest BCUT2D eigenvalue weighted by molar-refractivity contribution is 9.10. The molecule has 2 rings (SSSR count). The highest BCUT2D eigenvalue weighted by atomic mass is 79.9. The zero-order valence-corrected chi connectivity index (χ0v) is 11.9. The Labute approximate surface area is 118 Å².